The fourth-order valence-electron chi connectivity index (χ4n) is 4.18. The molecular formula is C25H23ClN2O4S. The maximum atomic E-state index is 13.9. The monoisotopic (exact) mass is 482 g/mol. The van der Waals surface area contributed by atoms with Crippen LogP contribution in [0.15, 0.2) is 72.1 Å². The number of carboxylic acid groups (broad SMARTS) is 1. The number of rotatable bonds is 6. The third-order valence-corrected chi connectivity index (χ3v) is 6.95. The normalized spacial score (nSPS) is 21.0. The summed E-state index contributed by atoms with van der Waals surface area (Å²) in [5.41, 5.74) is 2.26. The molecule has 0 radical (unpaired) electrons. The zero-order chi connectivity index (χ0) is 23.4. The maximum absolute atomic E-state index is 13.9. The Morgan fingerprint density at radius 2 is 1.88 bits per heavy atom. The number of carboxylic acids is 1. The number of allylic oxidation sites excluding steroid dienone is 1. The molecule has 8 heteroatoms. The Bertz CT molecular complexity index is 1160. The van der Waals surface area contributed by atoms with Gasteiger partial charge in [0.05, 0.1) is 30.7 Å². The van der Waals surface area contributed by atoms with E-state index in [1.807, 2.05) is 60.0 Å². The summed E-state index contributed by atoms with van der Waals surface area (Å²) in [7, 11) is 0. The lowest BCUT2D eigenvalue weighted by Crippen LogP contribution is -2.47. The van der Waals surface area contributed by atoms with Crippen molar-refractivity contribution in [2.24, 2.45) is 5.92 Å². The lowest BCUT2D eigenvalue weighted by Gasteiger charge is -2.35. The smallest absolute Gasteiger partial charge is 0.304 e. The van der Waals surface area contributed by atoms with Crippen LogP contribution >= 0.6 is 22.9 Å². The van der Waals surface area contributed by atoms with Crippen LogP contribution in [0.2, 0.25) is 5.02 Å². The summed E-state index contributed by atoms with van der Waals surface area (Å²) in [6.07, 6.45) is 3.89. The van der Waals surface area contributed by atoms with Gasteiger partial charge < -0.3 is 10.2 Å². The Balaban J connectivity index is 1.77. The van der Waals surface area contributed by atoms with Gasteiger partial charge in [0.1, 0.15) is 0 Å². The van der Waals surface area contributed by atoms with Crippen molar-refractivity contribution in [3.8, 4) is 11.3 Å². The molecule has 0 saturated heterocycles. The molecule has 1 aromatic heterocycles. The number of hydrogen-bond donors (Lipinski definition) is 2. The van der Waals surface area contributed by atoms with Gasteiger partial charge in [0.25, 0.3) is 0 Å². The summed E-state index contributed by atoms with van der Waals surface area (Å²) in [6.45, 7) is -0.307. The van der Waals surface area contributed by atoms with Gasteiger partial charge in [0.15, 0.2) is 5.13 Å². The Morgan fingerprint density at radius 3 is 2.58 bits per heavy atom. The highest BCUT2D eigenvalue weighted by Gasteiger charge is 2.39. The van der Waals surface area contributed by atoms with Crippen molar-refractivity contribution in [1.29, 1.82) is 0 Å². The molecule has 0 aliphatic carbocycles. The van der Waals surface area contributed by atoms with Crippen LogP contribution in [0.5, 0.6) is 0 Å². The molecule has 33 heavy (non-hydrogen) atoms. The average molecular weight is 483 g/mol. The predicted octanol–water partition coefficient (Wildman–Crippen LogP) is 4.99. The molecule has 1 aliphatic rings. The molecule has 4 rings (SSSR count). The minimum atomic E-state index is -1.05. The quantitative estimate of drug-likeness (QED) is 0.483. The minimum Gasteiger partial charge on any atom is -0.481 e. The molecule has 2 N–H and O–H groups in total. The minimum absolute atomic E-state index is 0.307. The Morgan fingerprint density at radius 1 is 1.15 bits per heavy atom. The standard InChI is InChI=1S/C25H23ClN2O4S/c26-21-12-5-4-10-19(21)22-15-33-25(27-22)28-17(14-29)9-6-11-18(16-7-2-1-3-8-16)20(24(28)32)13-23(30)31/h1-10,12,15,17-18,20,29H,11,13-14H2,(H,30,31). The number of aromatic nitrogens is 1. The molecule has 3 atom stereocenters. The van der Waals surface area contributed by atoms with E-state index in [2.05, 4.69) is 4.98 Å². The van der Waals surface area contributed by atoms with Crippen molar-refractivity contribution in [3.63, 3.8) is 0 Å². The molecule has 0 saturated carbocycles. The Labute approximate surface area is 200 Å². The summed E-state index contributed by atoms with van der Waals surface area (Å²) in [4.78, 5) is 31.7. The first kappa shape index (κ1) is 23.2. The number of halogens is 1. The number of amides is 1. The second kappa shape index (κ2) is 10.3. The number of nitrogens with zero attached hydrogens (tertiary/aromatic N) is 2. The Kier molecular flexibility index (Phi) is 7.23. The molecule has 1 aliphatic heterocycles. The molecule has 2 aromatic carbocycles. The molecule has 3 unspecified atom stereocenters. The zero-order valence-corrected chi connectivity index (χ0v) is 19.2. The van der Waals surface area contributed by atoms with E-state index < -0.39 is 17.9 Å². The molecule has 6 nitrogen and oxygen atoms in total. The first-order chi connectivity index (χ1) is 16.0. The van der Waals surface area contributed by atoms with Gasteiger partial charge in [-0.15, -0.1) is 11.3 Å². The number of aliphatic hydroxyl groups excluding tert-OH is 1. The van der Waals surface area contributed by atoms with Crippen molar-refractivity contribution in [1.82, 2.24) is 4.98 Å². The van der Waals surface area contributed by atoms with Crippen LogP contribution in [-0.4, -0.2) is 39.7 Å². The van der Waals surface area contributed by atoms with Gasteiger partial charge in [0.2, 0.25) is 5.91 Å². The number of aliphatic hydroxyl groups is 1. The average Bonchev–Trinajstić information content (AvgIpc) is 3.28. The summed E-state index contributed by atoms with van der Waals surface area (Å²) >= 11 is 7.58. The van der Waals surface area contributed by atoms with Crippen LogP contribution in [0.25, 0.3) is 11.3 Å². The fourth-order valence-corrected chi connectivity index (χ4v) is 5.30. The van der Waals surface area contributed by atoms with Crippen LogP contribution in [0, 0.1) is 5.92 Å². The molecule has 2 heterocycles. The van der Waals surface area contributed by atoms with Crippen molar-refractivity contribution >= 4 is 39.9 Å². The van der Waals surface area contributed by atoms with E-state index in [0.29, 0.717) is 22.3 Å². The second-order valence-corrected chi connectivity index (χ2v) is 9.08. The van der Waals surface area contributed by atoms with E-state index in [4.69, 9.17) is 11.6 Å². The lowest BCUT2D eigenvalue weighted by molar-refractivity contribution is -0.141. The number of aliphatic carboxylic acids is 1. The number of hydrogen-bond acceptors (Lipinski definition) is 5. The van der Waals surface area contributed by atoms with Crippen LogP contribution in [0.4, 0.5) is 5.13 Å². The third kappa shape index (κ3) is 5.00. The highest BCUT2D eigenvalue weighted by molar-refractivity contribution is 7.14. The lowest BCUT2D eigenvalue weighted by atomic mass is 9.79. The van der Waals surface area contributed by atoms with Crippen molar-refractivity contribution in [2.45, 2.75) is 24.8 Å². The van der Waals surface area contributed by atoms with Crippen LogP contribution in [0.1, 0.15) is 24.3 Å². The maximum Gasteiger partial charge on any atom is 0.304 e. The number of carbonyl (C=O) groups excluding carboxylic acids is 1. The highest BCUT2D eigenvalue weighted by Crippen LogP contribution is 2.38. The second-order valence-electron chi connectivity index (χ2n) is 7.84. The van der Waals surface area contributed by atoms with Crippen LogP contribution < -0.4 is 4.90 Å². The molecule has 3 aromatic rings. The zero-order valence-electron chi connectivity index (χ0n) is 17.7. The van der Waals surface area contributed by atoms with E-state index in [1.165, 1.54) is 16.2 Å². The van der Waals surface area contributed by atoms with E-state index in [9.17, 15) is 19.8 Å². The van der Waals surface area contributed by atoms with Crippen LogP contribution in [-0.2, 0) is 9.59 Å². The summed E-state index contributed by atoms with van der Waals surface area (Å²) in [5.74, 6) is -2.53. The Hall–Kier alpha value is -3.00. The number of benzene rings is 2. The van der Waals surface area contributed by atoms with E-state index in [1.54, 1.807) is 12.1 Å². The molecule has 0 spiro atoms. The fraction of sp³-hybridized carbons (Fsp3) is 0.240. The molecule has 170 valence electrons. The van der Waals surface area contributed by atoms with Gasteiger partial charge in [-0.1, -0.05) is 72.3 Å². The SMILES string of the molecule is O=C(O)CC1C(=O)N(c2nc(-c3ccccc3Cl)cs2)C(CO)C=CCC1c1ccccc1. The van der Waals surface area contributed by atoms with Gasteiger partial charge in [-0.05, 0) is 24.0 Å². The summed E-state index contributed by atoms with van der Waals surface area (Å²) in [5, 5.41) is 22.4. The van der Waals surface area contributed by atoms with Gasteiger partial charge in [-0.25, -0.2) is 4.98 Å². The van der Waals surface area contributed by atoms with Crippen molar-refractivity contribution < 1.29 is 19.8 Å². The summed E-state index contributed by atoms with van der Waals surface area (Å²) in [6, 6.07) is 16.1. The van der Waals surface area contributed by atoms with Crippen LogP contribution in [0.3, 0.4) is 0 Å². The number of carbonyl (C=O) groups is 2. The van der Waals surface area contributed by atoms with Gasteiger partial charge in [-0.2, -0.15) is 0 Å². The number of thiazole rings is 1. The first-order valence-electron chi connectivity index (χ1n) is 10.6. The molecule has 1 amide bonds. The predicted molar refractivity (Wildman–Crippen MR) is 130 cm³/mol. The molecule has 0 bridgehead atoms. The molecule has 0 fully saturated rings. The van der Waals surface area contributed by atoms with Gasteiger partial charge in [0, 0.05) is 16.0 Å². The largest absolute Gasteiger partial charge is 0.481 e. The number of anilines is 1. The van der Waals surface area contributed by atoms with Crippen molar-refractivity contribution in [3.05, 3.63) is 82.7 Å². The highest BCUT2D eigenvalue weighted by atomic mass is 35.5. The third-order valence-electron chi connectivity index (χ3n) is 5.78. The first-order valence-corrected chi connectivity index (χ1v) is 11.8. The van der Waals surface area contributed by atoms with Gasteiger partial charge in [-0.3, -0.25) is 14.5 Å². The van der Waals surface area contributed by atoms with Crippen molar-refractivity contribution in [2.75, 3.05) is 11.5 Å². The molecular weight excluding hydrogens is 460 g/mol. The van der Waals surface area contributed by atoms with E-state index >= 15 is 0 Å². The van der Waals surface area contributed by atoms with E-state index in [0.717, 1.165) is 11.1 Å². The summed E-state index contributed by atoms with van der Waals surface area (Å²) < 4.78 is 0. The topological polar surface area (TPSA) is 90.7 Å². The van der Waals surface area contributed by atoms with E-state index in [-0.39, 0.29) is 24.9 Å². The van der Waals surface area contributed by atoms with Gasteiger partial charge >= 0.3 is 5.97 Å².